The number of terminal acetylenes is 1. The monoisotopic (exact) mass is 177 g/mol. The third-order valence-corrected chi connectivity index (χ3v) is 1.92. The normalized spacial score (nSPS) is 12.3. The maximum absolute atomic E-state index is 5.25. The Morgan fingerprint density at radius 3 is 3.15 bits per heavy atom. The minimum atomic E-state index is 0.271. The Labute approximate surface area is 79.3 Å². The van der Waals surface area contributed by atoms with Crippen molar-refractivity contribution < 1.29 is 4.42 Å². The van der Waals surface area contributed by atoms with E-state index in [9.17, 15) is 0 Å². The summed E-state index contributed by atoms with van der Waals surface area (Å²) in [4.78, 5) is 0. The number of furan rings is 1. The molecule has 0 saturated carbocycles. The molecule has 2 nitrogen and oxygen atoms in total. The van der Waals surface area contributed by atoms with Crippen molar-refractivity contribution in [1.29, 1.82) is 0 Å². The quantitative estimate of drug-likeness (QED) is 0.551. The van der Waals surface area contributed by atoms with Crippen molar-refractivity contribution in [2.24, 2.45) is 0 Å². The minimum Gasteiger partial charge on any atom is -0.468 e. The van der Waals surface area contributed by atoms with Crippen LogP contribution in [0.5, 0.6) is 0 Å². The predicted octanol–water partition coefficient (Wildman–Crippen LogP) is 2.34. The molecule has 1 N–H and O–H groups in total. The lowest BCUT2D eigenvalue weighted by Crippen LogP contribution is -2.19. The SMILES string of the molecule is C#CCCCN[C@H](C)c1ccco1. The lowest BCUT2D eigenvalue weighted by Gasteiger charge is -2.09. The average Bonchev–Trinajstić information content (AvgIpc) is 2.65. The van der Waals surface area contributed by atoms with E-state index < -0.39 is 0 Å². The lowest BCUT2D eigenvalue weighted by molar-refractivity contribution is 0.430. The zero-order valence-corrected chi connectivity index (χ0v) is 7.92. The van der Waals surface area contributed by atoms with Crippen LogP contribution in [0.4, 0.5) is 0 Å². The van der Waals surface area contributed by atoms with Gasteiger partial charge >= 0.3 is 0 Å². The van der Waals surface area contributed by atoms with E-state index in [1.165, 1.54) is 0 Å². The molecule has 70 valence electrons. The fourth-order valence-corrected chi connectivity index (χ4v) is 1.15. The van der Waals surface area contributed by atoms with E-state index in [1.807, 2.05) is 12.1 Å². The van der Waals surface area contributed by atoms with E-state index >= 15 is 0 Å². The molecular formula is C11H15NO. The first-order valence-electron chi connectivity index (χ1n) is 4.55. The largest absolute Gasteiger partial charge is 0.468 e. The average molecular weight is 177 g/mol. The van der Waals surface area contributed by atoms with Gasteiger partial charge in [-0.25, -0.2) is 0 Å². The number of unbranched alkanes of at least 4 members (excludes halogenated alkanes) is 1. The Morgan fingerprint density at radius 2 is 2.54 bits per heavy atom. The maximum Gasteiger partial charge on any atom is 0.120 e. The van der Waals surface area contributed by atoms with E-state index in [-0.39, 0.29) is 6.04 Å². The van der Waals surface area contributed by atoms with Crippen molar-refractivity contribution in [3.05, 3.63) is 24.2 Å². The summed E-state index contributed by atoms with van der Waals surface area (Å²) in [6, 6.07) is 4.14. The smallest absolute Gasteiger partial charge is 0.120 e. The maximum atomic E-state index is 5.25. The van der Waals surface area contributed by atoms with Crippen molar-refractivity contribution in [3.63, 3.8) is 0 Å². The topological polar surface area (TPSA) is 25.2 Å². The second-order valence-electron chi connectivity index (χ2n) is 3.00. The second-order valence-corrected chi connectivity index (χ2v) is 3.00. The molecule has 1 atom stereocenters. The van der Waals surface area contributed by atoms with Crippen molar-refractivity contribution in [2.75, 3.05) is 6.54 Å². The van der Waals surface area contributed by atoms with Crippen LogP contribution in [-0.4, -0.2) is 6.54 Å². The second kappa shape index (κ2) is 5.45. The van der Waals surface area contributed by atoms with Gasteiger partial charge in [0.05, 0.1) is 12.3 Å². The van der Waals surface area contributed by atoms with Gasteiger partial charge in [0, 0.05) is 6.42 Å². The minimum absolute atomic E-state index is 0.271. The Bertz CT molecular complexity index is 258. The number of nitrogens with one attached hydrogen (secondary N) is 1. The first kappa shape index (κ1) is 9.88. The Hall–Kier alpha value is -1.20. The molecule has 1 aromatic heterocycles. The van der Waals surface area contributed by atoms with Crippen molar-refractivity contribution in [2.45, 2.75) is 25.8 Å². The summed E-state index contributed by atoms with van der Waals surface area (Å²) in [5, 5.41) is 3.33. The predicted molar refractivity (Wildman–Crippen MR) is 53.2 cm³/mol. The fraction of sp³-hybridized carbons (Fsp3) is 0.455. The van der Waals surface area contributed by atoms with E-state index in [4.69, 9.17) is 10.8 Å². The van der Waals surface area contributed by atoms with E-state index in [0.717, 1.165) is 25.1 Å². The van der Waals surface area contributed by atoms with Crippen molar-refractivity contribution >= 4 is 0 Å². The van der Waals surface area contributed by atoms with Crippen LogP contribution in [0.1, 0.15) is 31.6 Å². The van der Waals surface area contributed by atoms with Gasteiger partial charge in [0.2, 0.25) is 0 Å². The summed E-state index contributed by atoms with van der Waals surface area (Å²) in [6.45, 7) is 3.01. The molecule has 0 radical (unpaired) electrons. The molecule has 0 bridgehead atoms. The molecule has 2 heteroatoms. The number of hydrogen-bond acceptors (Lipinski definition) is 2. The van der Waals surface area contributed by atoms with E-state index in [1.54, 1.807) is 6.26 Å². The van der Waals surface area contributed by atoms with Gasteiger partial charge in [0.25, 0.3) is 0 Å². The first-order valence-corrected chi connectivity index (χ1v) is 4.55. The highest BCUT2D eigenvalue weighted by Crippen LogP contribution is 2.11. The molecule has 0 aliphatic heterocycles. The molecule has 0 saturated heterocycles. The molecule has 0 aromatic carbocycles. The molecular weight excluding hydrogens is 162 g/mol. The molecule has 0 spiro atoms. The first-order chi connectivity index (χ1) is 6.34. The molecule has 0 aliphatic carbocycles. The highest BCUT2D eigenvalue weighted by atomic mass is 16.3. The van der Waals surface area contributed by atoms with Crippen LogP contribution in [0.3, 0.4) is 0 Å². The van der Waals surface area contributed by atoms with Gasteiger partial charge in [-0.15, -0.1) is 12.3 Å². The highest BCUT2D eigenvalue weighted by molar-refractivity contribution is 5.02. The summed E-state index contributed by atoms with van der Waals surface area (Å²) in [7, 11) is 0. The van der Waals surface area contributed by atoms with Crippen LogP contribution >= 0.6 is 0 Å². The van der Waals surface area contributed by atoms with Gasteiger partial charge < -0.3 is 9.73 Å². The summed E-state index contributed by atoms with van der Waals surface area (Å²) in [5.41, 5.74) is 0. The van der Waals surface area contributed by atoms with Gasteiger partial charge in [-0.1, -0.05) is 0 Å². The third kappa shape index (κ3) is 3.35. The van der Waals surface area contributed by atoms with Crippen LogP contribution < -0.4 is 5.32 Å². The van der Waals surface area contributed by atoms with Crippen LogP contribution in [0.2, 0.25) is 0 Å². The van der Waals surface area contributed by atoms with Gasteiger partial charge in [0.15, 0.2) is 0 Å². The molecule has 0 unspecified atom stereocenters. The zero-order valence-electron chi connectivity index (χ0n) is 7.92. The van der Waals surface area contributed by atoms with Gasteiger partial charge in [-0.05, 0) is 32.0 Å². The molecule has 0 amide bonds. The molecule has 1 heterocycles. The van der Waals surface area contributed by atoms with Gasteiger partial charge in [-0.3, -0.25) is 0 Å². The zero-order chi connectivity index (χ0) is 9.52. The number of hydrogen-bond donors (Lipinski definition) is 1. The molecule has 0 aliphatic rings. The van der Waals surface area contributed by atoms with Gasteiger partial charge in [0.1, 0.15) is 5.76 Å². The van der Waals surface area contributed by atoms with Crippen LogP contribution in [0, 0.1) is 12.3 Å². The highest BCUT2D eigenvalue weighted by Gasteiger charge is 2.05. The lowest BCUT2D eigenvalue weighted by atomic mass is 10.2. The van der Waals surface area contributed by atoms with Crippen LogP contribution in [-0.2, 0) is 0 Å². The van der Waals surface area contributed by atoms with Crippen molar-refractivity contribution in [1.82, 2.24) is 5.32 Å². The molecule has 1 rings (SSSR count). The molecule has 1 aromatic rings. The third-order valence-electron chi connectivity index (χ3n) is 1.92. The summed E-state index contributed by atoms with van der Waals surface area (Å²) in [6.07, 6.45) is 8.68. The Morgan fingerprint density at radius 1 is 1.69 bits per heavy atom. The van der Waals surface area contributed by atoms with Crippen LogP contribution in [0.25, 0.3) is 0 Å². The van der Waals surface area contributed by atoms with E-state index in [2.05, 4.69) is 18.2 Å². The standard InChI is InChI=1S/C11H15NO/c1-3-4-5-8-12-10(2)11-7-6-9-13-11/h1,6-7,9-10,12H,4-5,8H2,2H3/t10-/m1/s1. The van der Waals surface area contributed by atoms with E-state index in [0.29, 0.717) is 0 Å². The Kier molecular flexibility index (Phi) is 4.14. The van der Waals surface area contributed by atoms with Crippen molar-refractivity contribution in [3.8, 4) is 12.3 Å². The van der Waals surface area contributed by atoms with Crippen LogP contribution in [0.15, 0.2) is 22.8 Å². The fourth-order valence-electron chi connectivity index (χ4n) is 1.15. The molecule has 13 heavy (non-hydrogen) atoms. The van der Waals surface area contributed by atoms with Gasteiger partial charge in [-0.2, -0.15) is 0 Å². The Balaban J connectivity index is 2.19. The summed E-state index contributed by atoms with van der Waals surface area (Å²) >= 11 is 0. The molecule has 0 fully saturated rings. The number of rotatable bonds is 5. The summed E-state index contributed by atoms with van der Waals surface area (Å²) in [5.74, 6) is 3.59. The summed E-state index contributed by atoms with van der Waals surface area (Å²) < 4.78 is 5.25.